The lowest BCUT2D eigenvalue weighted by molar-refractivity contribution is -0.192. The molecule has 19 heteroatoms. The van der Waals surface area contributed by atoms with E-state index in [1.807, 2.05) is 29.0 Å². The number of thiophene rings is 1. The first kappa shape index (κ1) is 34.5. The minimum absolute atomic E-state index is 0.140. The van der Waals surface area contributed by atoms with Crippen molar-refractivity contribution in [1.29, 1.82) is 0 Å². The third kappa shape index (κ3) is 9.14. The summed E-state index contributed by atoms with van der Waals surface area (Å²) in [4.78, 5) is 24.6. The highest BCUT2D eigenvalue weighted by Crippen LogP contribution is 2.40. The van der Waals surface area contributed by atoms with Crippen molar-refractivity contribution in [1.82, 2.24) is 19.3 Å². The molecule has 1 saturated heterocycles. The molecule has 4 N–H and O–H groups in total. The van der Waals surface area contributed by atoms with Crippen molar-refractivity contribution in [3.63, 3.8) is 0 Å². The van der Waals surface area contributed by atoms with Crippen LogP contribution in [-0.2, 0) is 15.0 Å². The van der Waals surface area contributed by atoms with Crippen LogP contribution in [0.3, 0.4) is 0 Å². The van der Waals surface area contributed by atoms with Crippen molar-refractivity contribution < 1.29 is 40.6 Å². The lowest BCUT2D eigenvalue weighted by atomic mass is 9.95. The number of piperidine rings is 1. The third-order valence-electron chi connectivity index (χ3n) is 6.63. The van der Waals surface area contributed by atoms with Gasteiger partial charge in [-0.25, -0.2) is 24.3 Å². The lowest BCUT2D eigenvalue weighted by Crippen LogP contribution is -2.41. The quantitative estimate of drug-likeness (QED) is 0.142. The van der Waals surface area contributed by atoms with Crippen molar-refractivity contribution in [2.45, 2.75) is 34.7 Å². The number of ether oxygens (including phenoxy) is 1. The van der Waals surface area contributed by atoms with E-state index in [2.05, 4.69) is 15.3 Å². The van der Waals surface area contributed by atoms with Gasteiger partial charge in [-0.2, -0.15) is 25.9 Å². The predicted molar refractivity (Wildman–Crippen MR) is 170 cm³/mol. The molecule has 0 aliphatic carbocycles. The first-order valence-electron chi connectivity index (χ1n) is 13.5. The highest BCUT2D eigenvalue weighted by Gasteiger charge is 2.38. The molecule has 1 fully saturated rings. The van der Waals surface area contributed by atoms with E-state index in [-0.39, 0.29) is 11.7 Å². The molecule has 6 rings (SSSR count). The Morgan fingerprint density at radius 1 is 1.11 bits per heavy atom. The Labute approximate surface area is 277 Å². The molecule has 0 unspecified atom stereocenters. The number of halogens is 4. The molecule has 5 aromatic rings. The van der Waals surface area contributed by atoms with Crippen LogP contribution in [0.15, 0.2) is 75.4 Å². The summed E-state index contributed by atoms with van der Waals surface area (Å²) in [5.74, 6) is -1.57. The number of carboxylic acid groups (broad SMARTS) is 1. The van der Waals surface area contributed by atoms with Crippen LogP contribution >= 0.6 is 34.4 Å². The number of fused-ring (bicyclic) bond motifs is 1. The van der Waals surface area contributed by atoms with Crippen molar-refractivity contribution in [3.05, 3.63) is 77.1 Å². The predicted octanol–water partition coefficient (Wildman–Crippen LogP) is 6.99. The maximum atomic E-state index is 13.5. The number of aliphatic carboxylic acids is 1. The Morgan fingerprint density at radius 3 is 2.47 bits per heavy atom. The van der Waals surface area contributed by atoms with Crippen LogP contribution in [0.2, 0.25) is 0 Å². The largest absolute Gasteiger partial charge is 0.490 e. The van der Waals surface area contributed by atoms with Gasteiger partial charge in [-0.1, -0.05) is 11.8 Å². The Balaban J connectivity index is 0.000000559. The van der Waals surface area contributed by atoms with Crippen molar-refractivity contribution in [2.75, 3.05) is 18.4 Å². The van der Waals surface area contributed by atoms with E-state index in [1.54, 1.807) is 47.6 Å². The average molecular weight is 729 g/mol. The van der Waals surface area contributed by atoms with Crippen LogP contribution in [0.4, 0.5) is 28.5 Å². The van der Waals surface area contributed by atoms with Gasteiger partial charge in [0.25, 0.3) is 10.2 Å². The number of carboxylic acids is 1. The smallest absolute Gasteiger partial charge is 0.475 e. The van der Waals surface area contributed by atoms with Gasteiger partial charge in [0.2, 0.25) is 0 Å². The zero-order valence-electron chi connectivity index (χ0n) is 23.8. The Bertz CT molecular complexity index is 1960. The Kier molecular flexibility index (Phi) is 10.6. The van der Waals surface area contributed by atoms with E-state index in [0.717, 1.165) is 25.7 Å². The fraction of sp³-hybridized carbons (Fsp3) is 0.214. The first-order chi connectivity index (χ1) is 22.3. The first-order valence-corrected chi connectivity index (χ1v) is 17.6. The van der Waals surface area contributed by atoms with E-state index in [9.17, 15) is 26.0 Å². The fourth-order valence-corrected chi connectivity index (χ4v) is 7.77. The summed E-state index contributed by atoms with van der Waals surface area (Å²) in [6, 6.07) is 11.7. The highest BCUT2D eigenvalue weighted by atomic mass is 32.2. The summed E-state index contributed by atoms with van der Waals surface area (Å²) in [6.45, 7) is 0.741. The number of nitrogens with two attached hydrogens (primary N) is 1. The second-order valence-corrected chi connectivity index (χ2v) is 14.3. The molecular weight excluding hydrogens is 705 g/mol. The zero-order valence-corrected chi connectivity index (χ0v) is 27.1. The van der Waals surface area contributed by atoms with Gasteiger partial charge in [0.1, 0.15) is 11.6 Å². The molecule has 1 aliphatic rings. The van der Waals surface area contributed by atoms with Gasteiger partial charge in [-0.15, -0.1) is 22.7 Å². The van der Waals surface area contributed by atoms with E-state index >= 15 is 0 Å². The number of carbonyl (C=O) groups is 1. The summed E-state index contributed by atoms with van der Waals surface area (Å²) in [6.07, 6.45) is -0.234. The van der Waals surface area contributed by atoms with Gasteiger partial charge in [-0.05, 0) is 54.6 Å². The minimum Gasteiger partial charge on any atom is -0.475 e. The molecular formula is C28H24F4N6O5S4. The SMILES string of the molecule is NS(=O)(=O)N1CCC(c2csc(Nc3ncc(Sc4ccnc5ccsc45)cc3Oc3ccc(F)cc3)n2)CC1.O=C(O)C(F)(F)F. The van der Waals surface area contributed by atoms with Crippen LogP contribution in [0, 0.1) is 5.82 Å². The third-order valence-corrected chi connectivity index (χ3v) is 10.6. The van der Waals surface area contributed by atoms with Crippen LogP contribution in [-0.4, -0.2) is 58.0 Å². The molecule has 11 nitrogen and oxygen atoms in total. The highest BCUT2D eigenvalue weighted by molar-refractivity contribution is 7.99. The number of thiazole rings is 1. The number of aromatic nitrogens is 3. The molecule has 0 amide bonds. The van der Waals surface area contributed by atoms with Gasteiger partial charge < -0.3 is 15.2 Å². The number of pyridine rings is 2. The average Bonchev–Trinajstić information content (AvgIpc) is 3.70. The molecule has 0 bridgehead atoms. The minimum atomic E-state index is -5.08. The summed E-state index contributed by atoms with van der Waals surface area (Å²) in [7, 11) is -3.68. The van der Waals surface area contributed by atoms with E-state index < -0.39 is 22.4 Å². The van der Waals surface area contributed by atoms with Crippen LogP contribution in [0.5, 0.6) is 11.5 Å². The number of nitrogens with zero attached hydrogens (tertiary/aromatic N) is 4. The maximum absolute atomic E-state index is 13.5. The maximum Gasteiger partial charge on any atom is 0.490 e. The summed E-state index contributed by atoms with van der Waals surface area (Å²) in [5, 5.41) is 20.3. The second-order valence-electron chi connectivity index (χ2n) is 9.84. The Morgan fingerprint density at radius 2 is 1.81 bits per heavy atom. The van der Waals surface area contributed by atoms with Gasteiger partial charge in [0, 0.05) is 52.6 Å². The monoisotopic (exact) mass is 728 g/mol. The number of anilines is 2. The zero-order chi connectivity index (χ0) is 33.8. The molecule has 1 aliphatic heterocycles. The second kappa shape index (κ2) is 14.5. The van der Waals surface area contributed by atoms with Crippen molar-refractivity contribution in [2.24, 2.45) is 5.14 Å². The molecule has 1 aromatic carbocycles. The topological polar surface area (TPSA) is 161 Å². The number of hydrogen-bond acceptors (Lipinski definition) is 11. The molecule has 47 heavy (non-hydrogen) atoms. The molecule has 4 aromatic heterocycles. The molecule has 0 atom stereocenters. The van der Waals surface area contributed by atoms with Crippen LogP contribution in [0.25, 0.3) is 10.2 Å². The molecule has 5 heterocycles. The van der Waals surface area contributed by atoms with Gasteiger partial charge in [-0.3, -0.25) is 4.98 Å². The number of rotatable bonds is 8. The summed E-state index contributed by atoms with van der Waals surface area (Å²) in [5.41, 5.74) is 1.84. The Hall–Kier alpha value is -3.88. The summed E-state index contributed by atoms with van der Waals surface area (Å²) < 4.78 is 77.0. The van der Waals surface area contributed by atoms with Gasteiger partial charge in [0.05, 0.1) is 15.9 Å². The lowest BCUT2D eigenvalue weighted by Gasteiger charge is -2.28. The number of hydrogen-bond donors (Lipinski definition) is 3. The van der Waals surface area contributed by atoms with Gasteiger partial charge in [0.15, 0.2) is 16.7 Å². The van der Waals surface area contributed by atoms with Gasteiger partial charge >= 0.3 is 12.1 Å². The van der Waals surface area contributed by atoms with E-state index in [4.69, 9.17) is 24.8 Å². The van der Waals surface area contributed by atoms with Crippen LogP contribution < -0.4 is 15.2 Å². The number of nitrogens with one attached hydrogen (secondary N) is 1. The fourth-order valence-electron chi connectivity index (χ4n) is 4.38. The van der Waals surface area contributed by atoms with Crippen molar-refractivity contribution >= 4 is 71.8 Å². The standard InChI is InChI=1S/C26H23FN6O3S4.C2HF3O2/c27-17-1-3-18(4-2-17)36-22-13-19(39-23-5-9-29-20-8-12-37-24(20)23)14-30-25(22)32-26-31-21(15-38-26)16-6-10-33(11-7-16)40(28,34)35;3-2(4,5)1(6)7/h1-5,8-9,12-16H,6-7,10-11H2,(H2,28,34,35)(H,30,31,32);(H,6,7). The van der Waals surface area contributed by atoms with Crippen LogP contribution in [0.1, 0.15) is 24.5 Å². The van der Waals surface area contributed by atoms with Crippen molar-refractivity contribution in [3.8, 4) is 11.5 Å². The van der Waals surface area contributed by atoms with E-state index in [1.165, 1.54) is 27.8 Å². The molecule has 248 valence electrons. The number of alkyl halides is 3. The van der Waals surface area contributed by atoms with E-state index in [0.29, 0.717) is 48.4 Å². The number of benzene rings is 1. The molecule has 0 spiro atoms. The molecule has 0 saturated carbocycles. The summed E-state index contributed by atoms with van der Waals surface area (Å²) >= 11 is 4.63. The molecule has 0 radical (unpaired) electrons. The normalized spacial score (nSPS) is 14.4.